The van der Waals surface area contributed by atoms with Crippen molar-refractivity contribution in [2.75, 3.05) is 18.5 Å². The summed E-state index contributed by atoms with van der Waals surface area (Å²) in [6, 6.07) is 6.37. The van der Waals surface area contributed by atoms with Gasteiger partial charge in [-0.05, 0) is 42.7 Å². The zero-order chi connectivity index (χ0) is 18.6. The molecule has 1 N–H and O–H groups in total. The number of rotatable bonds is 5. The molecule has 0 spiro atoms. The Morgan fingerprint density at radius 3 is 2.50 bits per heavy atom. The van der Waals surface area contributed by atoms with Crippen LogP contribution in [0, 0.1) is 11.6 Å². The first-order valence-corrected chi connectivity index (χ1v) is 9.61. The van der Waals surface area contributed by atoms with Gasteiger partial charge in [0.15, 0.2) is 11.6 Å². The van der Waals surface area contributed by atoms with Crippen LogP contribution in [0.5, 0.6) is 0 Å². The second kappa shape index (κ2) is 7.88. The van der Waals surface area contributed by atoms with Crippen LogP contribution in [0.3, 0.4) is 0 Å². The van der Waals surface area contributed by atoms with Crippen molar-refractivity contribution >= 4 is 22.1 Å². The van der Waals surface area contributed by atoms with Gasteiger partial charge in [-0.3, -0.25) is 5.43 Å². The minimum absolute atomic E-state index is 0.134. The van der Waals surface area contributed by atoms with Crippen LogP contribution in [-0.4, -0.2) is 37.0 Å². The molecule has 1 saturated heterocycles. The van der Waals surface area contributed by atoms with Gasteiger partial charge in [0.1, 0.15) is 10.7 Å². The molecule has 1 fully saturated rings. The molecule has 9 heteroatoms. The Labute approximate surface area is 150 Å². The number of halogens is 2. The highest BCUT2D eigenvalue weighted by Gasteiger charge is 2.26. The average molecular weight is 380 g/mol. The van der Waals surface area contributed by atoms with Crippen molar-refractivity contribution in [3.05, 3.63) is 53.7 Å². The summed E-state index contributed by atoms with van der Waals surface area (Å²) in [7, 11) is -3.52. The highest BCUT2D eigenvalue weighted by atomic mass is 32.2. The summed E-state index contributed by atoms with van der Waals surface area (Å²) in [4.78, 5) is 4.17. The van der Waals surface area contributed by atoms with Crippen molar-refractivity contribution in [1.82, 2.24) is 9.29 Å². The molecule has 26 heavy (non-hydrogen) atoms. The van der Waals surface area contributed by atoms with Gasteiger partial charge >= 0.3 is 0 Å². The fourth-order valence-electron chi connectivity index (χ4n) is 2.62. The number of hydrogen-bond donors (Lipinski definition) is 1. The van der Waals surface area contributed by atoms with Crippen LogP contribution in [0.15, 0.2) is 46.5 Å². The summed E-state index contributed by atoms with van der Waals surface area (Å²) in [6.07, 6.45) is 5.36. The molecule has 0 radical (unpaired) electrons. The molecule has 2 heterocycles. The lowest BCUT2D eigenvalue weighted by Gasteiger charge is -2.25. The number of benzene rings is 1. The summed E-state index contributed by atoms with van der Waals surface area (Å²) in [6.45, 7) is 1.06. The molecule has 0 amide bonds. The Kier molecular flexibility index (Phi) is 5.58. The molecule has 0 atom stereocenters. The zero-order valence-corrected chi connectivity index (χ0v) is 14.7. The highest BCUT2D eigenvalue weighted by Crippen LogP contribution is 2.20. The Morgan fingerprint density at radius 1 is 1.08 bits per heavy atom. The lowest BCUT2D eigenvalue weighted by molar-refractivity contribution is 0.346. The third-order valence-electron chi connectivity index (χ3n) is 4.03. The molecule has 0 aliphatic carbocycles. The summed E-state index contributed by atoms with van der Waals surface area (Å²) >= 11 is 0. The van der Waals surface area contributed by atoms with Gasteiger partial charge in [0.2, 0.25) is 10.0 Å². The molecule has 1 aromatic heterocycles. The number of aromatic nitrogens is 1. The number of sulfonamides is 1. The largest absolute Gasteiger partial charge is 0.261 e. The van der Waals surface area contributed by atoms with Crippen molar-refractivity contribution in [1.29, 1.82) is 0 Å². The number of nitrogens with zero attached hydrogens (tertiary/aromatic N) is 3. The van der Waals surface area contributed by atoms with Crippen molar-refractivity contribution in [3.8, 4) is 0 Å². The minimum atomic E-state index is -3.52. The maximum absolute atomic E-state index is 13.1. The second-order valence-electron chi connectivity index (χ2n) is 5.89. The van der Waals surface area contributed by atoms with Gasteiger partial charge in [-0.2, -0.15) is 9.41 Å². The van der Waals surface area contributed by atoms with Crippen LogP contribution >= 0.6 is 0 Å². The van der Waals surface area contributed by atoms with Crippen LogP contribution in [0.1, 0.15) is 24.8 Å². The van der Waals surface area contributed by atoms with E-state index in [0.29, 0.717) is 24.5 Å². The molecule has 0 unspecified atom stereocenters. The van der Waals surface area contributed by atoms with Crippen LogP contribution < -0.4 is 5.43 Å². The SMILES string of the molecule is O=S(=O)(c1ccc(N/N=C/c2ccc(F)c(F)c2)nc1)N1CCCCC1. The number of hydrazone groups is 1. The molecule has 1 aromatic carbocycles. The maximum Gasteiger partial charge on any atom is 0.244 e. The third-order valence-corrected chi connectivity index (χ3v) is 5.91. The predicted molar refractivity (Wildman–Crippen MR) is 94.4 cm³/mol. The van der Waals surface area contributed by atoms with E-state index >= 15 is 0 Å². The number of hydrogen-bond acceptors (Lipinski definition) is 5. The summed E-state index contributed by atoms with van der Waals surface area (Å²) in [5.74, 6) is -1.55. The molecule has 2 aromatic rings. The van der Waals surface area contributed by atoms with Crippen molar-refractivity contribution in [2.24, 2.45) is 5.10 Å². The second-order valence-corrected chi connectivity index (χ2v) is 7.83. The van der Waals surface area contributed by atoms with Crippen LogP contribution in [-0.2, 0) is 10.0 Å². The van der Waals surface area contributed by atoms with E-state index in [1.807, 2.05) is 0 Å². The first kappa shape index (κ1) is 18.4. The molecule has 138 valence electrons. The van der Waals surface area contributed by atoms with Gasteiger partial charge in [-0.15, -0.1) is 0 Å². The fraction of sp³-hybridized carbons (Fsp3) is 0.294. The van der Waals surface area contributed by atoms with E-state index in [4.69, 9.17) is 0 Å². The summed E-state index contributed by atoms with van der Waals surface area (Å²) < 4.78 is 52.5. The van der Waals surface area contributed by atoms with E-state index in [1.54, 1.807) is 0 Å². The van der Waals surface area contributed by atoms with Crippen molar-refractivity contribution < 1.29 is 17.2 Å². The predicted octanol–water partition coefficient (Wildman–Crippen LogP) is 2.98. The monoisotopic (exact) mass is 380 g/mol. The smallest absolute Gasteiger partial charge is 0.244 e. The van der Waals surface area contributed by atoms with Crippen LogP contribution in [0.4, 0.5) is 14.6 Å². The van der Waals surface area contributed by atoms with E-state index < -0.39 is 21.7 Å². The summed E-state index contributed by atoms with van der Waals surface area (Å²) in [5.41, 5.74) is 2.99. The summed E-state index contributed by atoms with van der Waals surface area (Å²) in [5, 5.41) is 3.88. The van der Waals surface area contributed by atoms with E-state index in [2.05, 4.69) is 15.5 Å². The normalized spacial score (nSPS) is 16.1. The van der Waals surface area contributed by atoms with E-state index in [-0.39, 0.29) is 4.90 Å². The number of anilines is 1. The lowest BCUT2D eigenvalue weighted by Crippen LogP contribution is -2.35. The first-order valence-electron chi connectivity index (χ1n) is 8.17. The Hall–Kier alpha value is -2.39. The van der Waals surface area contributed by atoms with Gasteiger partial charge < -0.3 is 0 Å². The molecule has 3 rings (SSSR count). The average Bonchev–Trinajstić information content (AvgIpc) is 2.66. The van der Waals surface area contributed by atoms with E-state index in [9.17, 15) is 17.2 Å². The zero-order valence-electron chi connectivity index (χ0n) is 13.9. The molecule has 0 saturated carbocycles. The third kappa shape index (κ3) is 4.23. The number of pyridine rings is 1. The lowest BCUT2D eigenvalue weighted by atomic mass is 10.2. The van der Waals surface area contributed by atoms with E-state index in [0.717, 1.165) is 31.4 Å². The molecule has 0 bridgehead atoms. The molecule has 6 nitrogen and oxygen atoms in total. The highest BCUT2D eigenvalue weighted by molar-refractivity contribution is 7.89. The molecule has 1 aliphatic heterocycles. The number of nitrogens with one attached hydrogen (secondary N) is 1. The quantitative estimate of drug-likeness (QED) is 0.639. The van der Waals surface area contributed by atoms with Crippen LogP contribution in [0.25, 0.3) is 0 Å². The standard InChI is InChI=1S/C17H18F2N4O2S/c18-15-6-4-13(10-16(15)19)11-21-22-17-7-5-14(12-20-17)26(24,25)23-8-2-1-3-9-23/h4-7,10-12H,1-3,8-9H2,(H,20,22)/b21-11+. The Balaban J connectivity index is 1.65. The first-order chi connectivity index (χ1) is 12.5. The van der Waals surface area contributed by atoms with Gasteiger partial charge in [0.05, 0.1) is 6.21 Å². The topological polar surface area (TPSA) is 74.7 Å². The molecular formula is C17H18F2N4O2S. The van der Waals surface area contributed by atoms with Gasteiger partial charge in [-0.1, -0.05) is 12.5 Å². The number of piperidine rings is 1. The van der Waals surface area contributed by atoms with Crippen LogP contribution in [0.2, 0.25) is 0 Å². The van der Waals surface area contributed by atoms with Gasteiger partial charge in [-0.25, -0.2) is 22.2 Å². The Bertz CT molecular complexity index is 895. The maximum atomic E-state index is 13.1. The minimum Gasteiger partial charge on any atom is -0.261 e. The fourth-order valence-corrected chi connectivity index (χ4v) is 4.08. The Morgan fingerprint density at radius 2 is 1.85 bits per heavy atom. The van der Waals surface area contributed by atoms with Crippen molar-refractivity contribution in [2.45, 2.75) is 24.2 Å². The van der Waals surface area contributed by atoms with Gasteiger partial charge in [0, 0.05) is 19.3 Å². The van der Waals surface area contributed by atoms with E-state index in [1.165, 1.54) is 34.9 Å². The molecule has 1 aliphatic rings. The van der Waals surface area contributed by atoms with Gasteiger partial charge in [0.25, 0.3) is 0 Å². The van der Waals surface area contributed by atoms with Crippen molar-refractivity contribution in [3.63, 3.8) is 0 Å². The molecular weight excluding hydrogens is 362 g/mol.